The van der Waals surface area contributed by atoms with E-state index in [2.05, 4.69) is 0 Å². The van der Waals surface area contributed by atoms with Gasteiger partial charge in [-0.15, -0.1) is 0 Å². The third-order valence-corrected chi connectivity index (χ3v) is 4.16. The largest absolute Gasteiger partial charge is 0.388 e. The Kier molecular flexibility index (Phi) is 6.27. The summed E-state index contributed by atoms with van der Waals surface area (Å²) < 4.78 is 16.0. The molecule has 10 atom stereocenters. The molecule has 0 unspecified atom stereocenters. The number of aliphatic hydroxyl groups is 5. The Labute approximate surface area is 132 Å². The number of hydrogen-bond acceptors (Lipinski definition) is 11. The van der Waals surface area contributed by atoms with Crippen LogP contribution in [0.3, 0.4) is 0 Å². The van der Waals surface area contributed by atoms with Crippen LogP contribution in [0.15, 0.2) is 0 Å². The summed E-state index contributed by atoms with van der Waals surface area (Å²) >= 11 is 0. The molecule has 2 aliphatic rings. The maximum absolute atomic E-state index is 10.1. The zero-order chi connectivity index (χ0) is 17.3. The highest BCUT2D eigenvalue weighted by Gasteiger charge is 2.49. The van der Waals surface area contributed by atoms with Crippen LogP contribution in [0.1, 0.15) is 0 Å². The van der Waals surface area contributed by atoms with Crippen LogP contribution in [0.2, 0.25) is 0 Å². The van der Waals surface area contributed by atoms with Gasteiger partial charge < -0.3 is 56.9 Å². The highest BCUT2D eigenvalue weighted by molar-refractivity contribution is 4.95. The molecule has 0 bridgehead atoms. The fourth-order valence-corrected chi connectivity index (χ4v) is 2.70. The van der Waals surface area contributed by atoms with Crippen LogP contribution >= 0.6 is 0 Å². The van der Waals surface area contributed by atoms with Gasteiger partial charge in [0.15, 0.2) is 12.6 Å². The molecule has 0 spiro atoms. The van der Waals surface area contributed by atoms with Gasteiger partial charge in [-0.1, -0.05) is 0 Å². The van der Waals surface area contributed by atoms with Gasteiger partial charge >= 0.3 is 0 Å². The van der Waals surface area contributed by atoms with Gasteiger partial charge in [0.25, 0.3) is 0 Å². The van der Waals surface area contributed by atoms with Crippen LogP contribution < -0.4 is 17.2 Å². The molecule has 11 nitrogen and oxygen atoms in total. The van der Waals surface area contributed by atoms with Crippen molar-refractivity contribution in [1.82, 2.24) is 0 Å². The normalized spacial score (nSPS) is 51.7. The van der Waals surface area contributed by atoms with Gasteiger partial charge in [-0.3, -0.25) is 0 Å². The van der Waals surface area contributed by atoms with Crippen molar-refractivity contribution in [2.24, 2.45) is 17.2 Å². The number of aliphatic hydroxyl groups excluding tert-OH is 5. The molecule has 0 saturated carbocycles. The van der Waals surface area contributed by atoms with Gasteiger partial charge in [0.1, 0.15) is 42.7 Å². The van der Waals surface area contributed by atoms with Crippen LogP contribution in [0.25, 0.3) is 0 Å². The SMILES string of the molecule is NC[C@H]1O[C@H](O[C@H]2[C@H](O)[C@@H](O)[C@H](O)O[C@@H]2CN)[C@H](N)[C@@H](O)[C@@H]1O. The predicted octanol–water partition coefficient (Wildman–Crippen LogP) is -5.50. The number of nitrogens with two attached hydrogens (primary N) is 3. The first kappa shape index (κ1) is 18.9. The fourth-order valence-electron chi connectivity index (χ4n) is 2.70. The second-order valence-corrected chi connectivity index (χ2v) is 5.72. The molecule has 0 aromatic rings. The Bertz CT molecular complexity index is 387. The molecule has 136 valence electrons. The first-order valence-corrected chi connectivity index (χ1v) is 7.34. The van der Waals surface area contributed by atoms with Gasteiger partial charge in [-0.2, -0.15) is 0 Å². The lowest BCUT2D eigenvalue weighted by Crippen LogP contribution is -2.66. The maximum atomic E-state index is 10.1. The zero-order valence-electron chi connectivity index (χ0n) is 12.4. The minimum absolute atomic E-state index is 0.0871. The van der Waals surface area contributed by atoms with Crippen molar-refractivity contribution in [1.29, 1.82) is 0 Å². The Morgan fingerprint density at radius 2 is 1.39 bits per heavy atom. The molecule has 2 heterocycles. The van der Waals surface area contributed by atoms with Gasteiger partial charge in [0.2, 0.25) is 0 Å². The van der Waals surface area contributed by atoms with Crippen LogP contribution in [-0.2, 0) is 14.2 Å². The molecule has 0 aromatic heterocycles. The van der Waals surface area contributed by atoms with E-state index >= 15 is 0 Å². The zero-order valence-corrected chi connectivity index (χ0v) is 12.4. The summed E-state index contributed by atoms with van der Waals surface area (Å²) in [5.41, 5.74) is 16.7. The Morgan fingerprint density at radius 3 is 1.96 bits per heavy atom. The Hall–Kier alpha value is -0.440. The average molecular weight is 339 g/mol. The number of ether oxygens (including phenoxy) is 3. The molecule has 0 aliphatic carbocycles. The van der Waals surface area contributed by atoms with Crippen molar-refractivity contribution in [2.75, 3.05) is 13.1 Å². The van der Waals surface area contributed by atoms with E-state index in [1.54, 1.807) is 0 Å². The molecule has 2 saturated heterocycles. The van der Waals surface area contributed by atoms with Crippen molar-refractivity contribution >= 4 is 0 Å². The Balaban J connectivity index is 2.11. The van der Waals surface area contributed by atoms with E-state index in [0.29, 0.717) is 0 Å². The monoisotopic (exact) mass is 339 g/mol. The minimum Gasteiger partial charge on any atom is -0.388 e. The van der Waals surface area contributed by atoms with E-state index in [-0.39, 0.29) is 13.1 Å². The summed E-state index contributed by atoms with van der Waals surface area (Å²) in [6, 6.07) is -1.12. The molecule has 0 amide bonds. The van der Waals surface area contributed by atoms with Crippen molar-refractivity contribution in [3.8, 4) is 0 Å². The lowest BCUT2D eigenvalue weighted by molar-refractivity contribution is -0.333. The van der Waals surface area contributed by atoms with E-state index in [0.717, 1.165) is 0 Å². The van der Waals surface area contributed by atoms with E-state index < -0.39 is 61.3 Å². The third-order valence-electron chi connectivity index (χ3n) is 4.16. The molecular weight excluding hydrogens is 314 g/mol. The van der Waals surface area contributed by atoms with Crippen LogP contribution in [0.4, 0.5) is 0 Å². The van der Waals surface area contributed by atoms with Crippen molar-refractivity contribution < 1.29 is 39.7 Å². The smallest absolute Gasteiger partial charge is 0.184 e. The van der Waals surface area contributed by atoms with E-state index in [1.165, 1.54) is 0 Å². The first-order chi connectivity index (χ1) is 10.8. The van der Waals surface area contributed by atoms with Gasteiger partial charge in [-0.25, -0.2) is 0 Å². The molecule has 0 aromatic carbocycles. The molecule has 0 radical (unpaired) electrons. The van der Waals surface area contributed by atoms with Gasteiger partial charge in [-0.05, 0) is 0 Å². The van der Waals surface area contributed by atoms with Crippen molar-refractivity contribution in [3.63, 3.8) is 0 Å². The number of rotatable bonds is 4. The summed E-state index contributed by atoms with van der Waals surface area (Å²) in [5, 5.41) is 49.0. The topological polar surface area (TPSA) is 207 Å². The third kappa shape index (κ3) is 3.65. The lowest BCUT2D eigenvalue weighted by atomic mass is 9.96. The number of hydrogen-bond donors (Lipinski definition) is 8. The van der Waals surface area contributed by atoms with E-state index in [9.17, 15) is 25.5 Å². The Morgan fingerprint density at radius 1 is 0.783 bits per heavy atom. The summed E-state index contributed by atoms with van der Waals surface area (Å²) in [4.78, 5) is 0. The molecule has 11 heteroatoms. The van der Waals surface area contributed by atoms with Gasteiger partial charge in [0.05, 0.1) is 6.04 Å². The lowest BCUT2D eigenvalue weighted by Gasteiger charge is -2.45. The molecule has 2 rings (SSSR count). The molecule has 2 aliphatic heterocycles. The predicted molar refractivity (Wildman–Crippen MR) is 74.5 cm³/mol. The second kappa shape index (κ2) is 7.63. The molecular formula is C12H25N3O8. The fraction of sp³-hybridized carbons (Fsp3) is 1.00. The molecule has 11 N–H and O–H groups in total. The van der Waals surface area contributed by atoms with Crippen LogP contribution in [0.5, 0.6) is 0 Å². The quantitative estimate of drug-likeness (QED) is 0.242. The summed E-state index contributed by atoms with van der Waals surface area (Å²) in [6.45, 7) is -0.199. The first-order valence-electron chi connectivity index (χ1n) is 7.34. The highest BCUT2D eigenvalue weighted by Crippen LogP contribution is 2.27. The van der Waals surface area contributed by atoms with E-state index in [1.807, 2.05) is 0 Å². The van der Waals surface area contributed by atoms with Gasteiger partial charge in [0, 0.05) is 13.1 Å². The maximum Gasteiger partial charge on any atom is 0.184 e. The van der Waals surface area contributed by atoms with Crippen molar-refractivity contribution in [2.45, 2.75) is 61.3 Å². The van der Waals surface area contributed by atoms with E-state index in [4.69, 9.17) is 31.4 Å². The van der Waals surface area contributed by atoms with Crippen LogP contribution in [0, 0.1) is 0 Å². The summed E-state index contributed by atoms with van der Waals surface area (Å²) in [6.07, 6.45) is -11.6. The summed E-state index contributed by atoms with van der Waals surface area (Å²) in [7, 11) is 0. The standard InChI is InChI=1S/C12H25N3O8/c13-1-3-6(16)7(17)5(15)12(22-3)23-10-4(2-14)21-11(20)9(19)8(10)18/h3-12,16-20H,1-2,13-15H2/t3-,4-,5-,6-,7-,8-,9-,10-,11-,12-/m1/s1. The highest BCUT2D eigenvalue weighted by atomic mass is 16.7. The summed E-state index contributed by atoms with van der Waals surface area (Å²) in [5.74, 6) is 0. The molecule has 23 heavy (non-hydrogen) atoms. The average Bonchev–Trinajstić information content (AvgIpc) is 2.55. The molecule has 2 fully saturated rings. The minimum atomic E-state index is -1.61. The second-order valence-electron chi connectivity index (χ2n) is 5.72. The van der Waals surface area contributed by atoms with Crippen LogP contribution in [-0.4, -0.2) is 100.0 Å². The van der Waals surface area contributed by atoms with Crippen molar-refractivity contribution in [3.05, 3.63) is 0 Å².